The van der Waals surface area contributed by atoms with E-state index < -0.39 is 11.7 Å². The molecule has 14 heavy (non-hydrogen) atoms. The van der Waals surface area contributed by atoms with Crippen LogP contribution in [0.1, 0.15) is 32.3 Å². The molecule has 2 atom stereocenters. The van der Waals surface area contributed by atoms with Crippen LogP contribution in [0, 0.1) is 0 Å². The fraction of sp³-hybridized carbons (Fsp3) is 0.500. The Balaban J connectivity index is 3.02. The summed E-state index contributed by atoms with van der Waals surface area (Å²) in [6.45, 7) is 5.14. The molecule has 0 fully saturated rings. The molecule has 0 aliphatic rings. The maximum Gasteiger partial charge on any atom is 0.0684 e. The van der Waals surface area contributed by atoms with Gasteiger partial charge in [-0.15, -0.1) is 0 Å². The molecule has 1 aromatic rings. The predicted molar refractivity (Wildman–Crippen MR) is 57.2 cm³/mol. The maximum atomic E-state index is 9.94. The summed E-state index contributed by atoms with van der Waals surface area (Å²) < 4.78 is 0. The minimum atomic E-state index is -0.907. The van der Waals surface area contributed by atoms with Crippen LogP contribution in [0.3, 0.4) is 0 Å². The second kappa shape index (κ2) is 4.11. The number of aliphatic hydroxyl groups is 2. The third-order valence-electron chi connectivity index (χ3n) is 2.40. The monoisotopic (exact) mass is 194 g/mol. The van der Waals surface area contributed by atoms with Crippen LogP contribution in [0.4, 0.5) is 0 Å². The van der Waals surface area contributed by atoms with E-state index in [-0.39, 0.29) is 5.92 Å². The van der Waals surface area contributed by atoms with E-state index in [4.69, 9.17) is 0 Å². The van der Waals surface area contributed by atoms with E-state index in [1.807, 2.05) is 30.3 Å². The van der Waals surface area contributed by atoms with Crippen molar-refractivity contribution >= 4 is 0 Å². The lowest BCUT2D eigenvalue weighted by Gasteiger charge is -2.32. The lowest BCUT2D eigenvalue weighted by molar-refractivity contribution is -0.00179. The van der Waals surface area contributed by atoms with Crippen molar-refractivity contribution in [2.24, 2.45) is 0 Å². The molecule has 0 aromatic heterocycles. The van der Waals surface area contributed by atoms with Gasteiger partial charge < -0.3 is 10.2 Å². The fourth-order valence-electron chi connectivity index (χ4n) is 1.94. The van der Waals surface area contributed by atoms with Gasteiger partial charge in [-0.2, -0.15) is 0 Å². The largest absolute Gasteiger partial charge is 0.393 e. The topological polar surface area (TPSA) is 40.5 Å². The highest BCUT2D eigenvalue weighted by Gasteiger charge is 2.31. The van der Waals surface area contributed by atoms with Crippen LogP contribution in [-0.4, -0.2) is 21.9 Å². The highest BCUT2D eigenvalue weighted by atomic mass is 16.3. The summed E-state index contributed by atoms with van der Waals surface area (Å²) in [5.74, 6) is -0.247. The molecule has 2 unspecified atom stereocenters. The minimum absolute atomic E-state index is 0.247. The first-order valence-electron chi connectivity index (χ1n) is 4.88. The van der Waals surface area contributed by atoms with Crippen molar-refractivity contribution in [3.05, 3.63) is 35.9 Å². The summed E-state index contributed by atoms with van der Waals surface area (Å²) in [7, 11) is 0. The zero-order valence-electron chi connectivity index (χ0n) is 8.94. The molecule has 0 amide bonds. The molecular formula is C12H18O2. The first-order chi connectivity index (χ1) is 6.43. The van der Waals surface area contributed by atoms with E-state index in [9.17, 15) is 10.2 Å². The van der Waals surface area contributed by atoms with Crippen LogP contribution < -0.4 is 0 Å². The lowest BCUT2D eigenvalue weighted by atomic mass is 9.81. The molecule has 78 valence electrons. The van der Waals surface area contributed by atoms with Crippen molar-refractivity contribution < 1.29 is 10.2 Å². The van der Waals surface area contributed by atoms with Crippen molar-refractivity contribution in [2.45, 2.75) is 38.4 Å². The summed E-state index contributed by atoms with van der Waals surface area (Å²) in [5, 5.41) is 19.6. The second-order valence-corrected chi connectivity index (χ2v) is 4.28. The molecule has 2 nitrogen and oxygen atoms in total. The van der Waals surface area contributed by atoms with Gasteiger partial charge in [0.05, 0.1) is 11.7 Å². The first-order valence-corrected chi connectivity index (χ1v) is 4.88. The van der Waals surface area contributed by atoms with Crippen molar-refractivity contribution in [1.29, 1.82) is 0 Å². The molecule has 0 spiro atoms. The van der Waals surface area contributed by atoms with Crippen LogP contribution in [-0.2, 0) is 0 Å². The molecule has 2 N–H and O–H groups in total. The van der Waals surface area contributed by atoms with E-state index in [0.29, 0.717) is 0 Å². The van der Waals surface area contributed by atoms with Gasteiger partial charge in [-0.05, 0) is 26.3 Å². The Morgan fingerprint density at radius 2 is 1.64 bits per heavy atom. The van der Waals surface area contributed by atoms with E-state index in [1.54, 1.807) is 20.8 Å². The summed E-state index contributed by atoms with van der Waals surface area (Å²) in [4.78, 5) is 0. The van der Waals surface area contributed by atoms with Crippen LogP contribution in [0.15, 0.2) is 30.3 Å². The molecule has 0 aliphatic carbocycles. The standard InChI is InChI=1S/C12H18O2/c1-9(13)11(12(2,3)14)10-7-5-4-6-8-10/h4-9,11,13-14H,1-3H3. The fourth-order valence-corrected chi connectivity index (χ4v) is 1.94. The van der Waals surface area contributed by atoms with Gasteiger partial charge >= 0.3 is 0 Å². The molecule has 2 heteroatoms. The first kappa shape index (κ1) is 11.2. The van der Waals surface area contributed by atoms with Crippen molar-refractivity contribution in [2.75, 3.05) is 0 Å². The summed E-state index contributed by atoms with van der Waals surface area (Å²) in [6, 6.07) is 9.60. The molecule has 0 radical (unpaired) electrons. The van der Waals surface area contributed by atoms with Gasteiger partial charge in [0.15, 0.2) is 0 Å². The average Bonchev–Trinajstić information content (AvgIpc) is 2.02. The zero-order valence-corrected chi connectivity index (χ0v) is 8.94. The highest BCUT2D eigenvalue weighted by Crippen LogP contribution is 2.30. The molecular weight excluding hydrogens is 176 g/mol. The third-order valence-corrected chi connectivity index (χ3v) is 2.40. The van der Waals surface area contributed by atoms with Gasteiger partial charge in [-0.25, -0.2) is 0 Å². The maximum absolute atomic E-state index is 9.94. The molecule has 0 bridgehead atoms. The number of benzene rings is 1. The molecule has 1 rings (SSSR count). The Kier molecular flexibility index (Phi) is 3.29. The normalized spacial score (nSPS) is 16.4. The minimum Gasteiger partial charge on any atom is -0.393 e. The zero-order chi connectivity index (χ0) is 10.8. The number of aliphatic hydroxyl groups excluding tert-OH is 1. The van der Waals surface area contributed by atoms with Crippen LogP contribution in [0.5, 0.6) is 0 Å². The number of hydrogen-bond acceptors (Lipinski definition) is 2. The van der Waals surface area contributed by atoms with Crippen molar-refractivity contribution in [3.8, 4) is 0 Å². The lowest BCUT2D eigenvalue weighted by Crippen LogP contribution is -2.35. The van der Waals surface area contributed by atoms with E-state index in [0.717, 1.165) is 5.56 Å². The van der Waals surface area contributed by atoms with Gasteiger partial charge in [-0.1, -0.05) is 30.3 Å². The smallest absolute Gasteiger partial charge is 0.0684 e. The Labute approximate surface area is 85.2 Å². The molecule has 0 saturated heterocycles. The second-order valence-electron chi connectivity index (χ2n) is 4.28. The molecule has 0 aliphatic heterocycles. The van der Waals surface area contributed by atoms with Gasteiger partial charge in [0.25, 0.3) is 0 Å². The molecule has 0 saturated carbocycles. The van der Waals surface area contributed by atoms with Gasteiger partial charge in [0, 0.05) is 5.92 Å². The van der Waals surface area contributed by atoms with E-state index in [1.165, 1.54) is 0 Å². The summed E-state index contributed by atoms with van der Waals surface area (Å²) in [5.41, 5.74) is 0.0604. The van der Waals surface area contributed by atoms with Gasteiger partial charge in [0.2, 0.25) is 0 Å². The van der Waals surface area contributed by atoms with Gasteiger partial charge in [-0.3, -0.25) is 0 Å². The number of rotatable bonds is 3. The number of hydrogen-bond donors (Lipinski definition) is 2. The van der Waals surface area contributed by atoms with Crippen LogP contribution in [0.25, 0.3) is 0 Å². The average molecular weight is 194 g/mol. The summed E-state index contributed by atoms with van der Waals surface area (Å²) in [6.07, 6.45) is -0.558. The molecule has 0 heterocycles. The predicted octanol–water partition coefficient (Wildman–Crippen LogP) is 1.92. The summed E-state index contributed by atoms with van der Waals surface area (Å²) >= 11 is 0. The third kappa shape index (κ3) is 2.56. The van der Waals surface area contributed by atoms with Crippen LogP contribution in [0.2, 0.25) is 0 Å². The van der Waals surface area contributed by atoms with E-state index >= 15 is 0 Å². The highest BCUT2D eigenvalue weighted by molar-refractivity contribution is 5.23. The van der Waals surface area contributed by atoms with Crippen LogP contribution >= 0.6 is 0 Å². The SMILES string of the molecule is CC(O)C(c1ccccc1)C(C)(C)O. The molecule has 1 aromatic carbocycles. The van der Waals surface area contributed by atoms with Crippen molar-refractivity contribution in [3.63, 3.8) is 0 Å². The van der Waals surface area contributed by atoms with Gasteiger partial charge in [0.1, 0.15) is 0 Å². The van der Waals surface area contributed by atoms with Crippen molar-refractivity contribution in [1.82, 2.24) is 0 Å². The quantitative estimate of drug-likeness (QED) is 0.771. The van der Waals surface area contributed by atoms with E-state index in [2.05, 4.69) is 0 Å². The Morgan fingerprint density at radius 3 is 2.00 bits per heavy atom. The Hall–Kier alpha value is -0.860. The Morgan fingerprint density at radius 1 is 1.14 bits per heavy atom. The Bertz CT molecular complexity index is 272.